The molecule has 2 nitrogen and oxygen atoms in total. The van der Waals surface area contributed by atoms with Crippen molar-refractivity contribution in [2.45, 2.75) is 116 Å². The van der Waals surface area contributed by atoms with Crippen molar-refractivity contribution >= 4 is 0 Å². The normalized spacial score (nSPS) is 13.8. The quantitative estimate of drug-likeness (QED) is 0.380. The number of unbranched alkanes of at least 4 members (excludes halogenated alkanes) is 12. The van der Waals surface area contributed by atoms with E-state index in [2.05, 4.69) is 21.0 Å². The topological polar surface area (TPSA) is 24.7 Å². The van der Waals surface area contributed by atoms with E-state index in [1.165, 1.54) is 88.4 Å². The van der Waals surface area contributed by atoms with E-state index in [1.807, 2.05) is 6.92 Å². The van der Waals surface area contributed by atoms with Crippen molar-refractivity contribution in [2.24, 2.45) is 0 Å². The minimum atomic E-state index is -0.178. The van der Waals surface area contributed by atoms with Crippen LogP contribution in [0.4, 0.5) is 0 Å². The van der Waals surface area contributed by atoms with Gasteiger partial charge in [-0.25, -0.2) is 0 Å². The molecular weight excluding hydrogens is 350 g/mol. The molecule has 0 radical (unpaired) electrons. The third kappa shape index (κ3) is 17.0. The Labute approximate surface area is 157 Å². The molecular formula is C20H44BrNO. The van der Waals surface area contributed by atoms with Crippen LogP contribution in [0, 0.1) is 0 Å². The maximum atomic E-state index is 9.75. The molecule has 0 aromatic rings. The van der Waals surface area contributed by atoms with Gasteiger partial charge in [0, 0.05) is 6.42 Å². The Kier molecular flexibility index (Phi) is 20.9. The van der Waals surface area contributed by atoms with Crippen LogP contribution in [0.15, 0.2) is 0 Å². The highest BCUT2D eigenvalue weighted by Crippen LogP contribution is 2.13. The Morgan fingerprint density at radius 3 is 1.35 bits per heavy atom. The minimum Gasteiger partial charge on any atom is -1.00 e. The predicted molar refractivity (Wildman–Crippen MR) is 98.6 cm³/mol. The van der Waals surface area contributed by atoms with Gasteiger partial charge in [0.15, 0.2) is 0 Å². The molecule has 2 unspecified atom stereocenters. The molecule has 0 amide bonds. The Bertz CT molecular complexity index is 214. The average molecular weight is 394 g/mol. The van der Waals surface area contributed by atoms with Gasteiger partial charge in [0.1, 0.15) is 12.1 Å². The second-order valence-electron chi connectivity index (χ2n) is 7.46. The molecule has 2 N–H and O–H groups in total. The van der Waals surface area contributed by atoms with Gasteiger partial charge in [-0.15, -0.1) is 0 Å². The molecule has 142 valence electrons. The predicted octanol–water partition coefficient (Wildman–Crippen LogP) is 1.37. The van der Waals surface area contributed by atoms with Crippen molar-refractivity contribution in [3.05, 3.63) is 0 Å². The second kappa shape index (κ2) is 18.7. The number of rotatable bonds is 16. The molecule has 0 aliphatic carbocycles. The second-order valence-corrected chi connectivity index (χ2v) is 7.46. The van der Waals surface area contributed by atoms with Crippen molar-refractivity contribution in [3.63, 3.8) is 0 Å². The fraction of sp³-hybridized carbons (Fsp3) is 1.00. The highest BCUT2D eigenvalue weighted by molar-refractivity contribution is 4.62. The third-order valence-electron chi connectivity index (χ3n) is 4.94. The van der Waals surface area contributed by atoms with Crippen molar-refractivity contribution in [1.29, 1.82) is 0 Å². The molecule has 23 heavy (non-hydrogen) atoms. The summed E-state index contributed by atoms with van der Waals surface area (Å²) < 4.78 is 0. The number of aliphatic hydroxyl groups excluding tert-OH is 1. The standard InChI is InChI=1S/C20H43NO.BrH/c1-5-6-7-8-9-10-11-12-13-14-15-16-17-18-20(19(2)22)21(3)4;/h19-20,22H,5-18H2,1-4H3;1H. The van der Waals surface area contributed by atoms with Crippen molar-refractivity contribution in [3.8, 4) is 0 Å². The van der Waals surface area contributed by atoms with Crippen molar-refractivity contribution in [1.82, 2.24) is 0 Å². The number of hydrogen-bond acceptors (Lipinski definition) is 1. The maximum absolute atomic E-state index is 9.75. The number of quaternary nitrogens is 1. The van der Waals surface area contributed by atoms with Crippen molar-refractivity contribution < 1.29 is 27.0 Å². The van der Waals surface area contributed by atoms with Crippen LogP contribution < -0.4 is 21.9 Å². The summed E-state index contributed by atoms with van der Waals surface area (Å²) in [6.07, 6.45) is 19.3. The summed E-state index contributed by atoms with van der Waals surface area (Å²) in [6, 6.07) is 0.410. The van der Waals surface area contributed by atoms with E-state index in [1.54, 1.807) is 0 Å². The smallest absolute Gasteiger partial charge is 0.113 e. The van der Waals surface area contributed by atoms with Gasteiger partial charge >= 0.3 is 0 Å². The monoisotopic (exact) mass is 393 g/mol. The lowest BCUT2D eigenvalue weighted by Gasteiger charge is -2.23. The number of nitrogens with one attached hydrogen (secondary N) is 1. The first-order valence-corrected chi connectivity index (χ1v) is 10.1. The lowest BCUT2D eigenvalue weighted by Crippen LogP contribution is -3.11. The first kappa shape index (κ1) is 25.6. The Morgan fingerprint density at radius 2 is 1.04 bits per heavy atom. The molecule has 0 aliphatic rings. The Morgan fingerprint density at radius 1 is 0.696 bits per heavy atom. The van der Waals surface area contributed by atoms with E-state index in [0.717, 1.165) is 6.42 Å². The van der Waals surface area contributed by atoms with Gasteiger partial charge in [0.2, 0.25) is 0 Å². The van der Waals surface area contributed by atoms with Crippen LogP contribution in [0.3, 0.4) is 0 Å². The summed E-state index contributed by atoms with van der Waals surface area (Å²) in [6.45, 7) is 4.21. The Hall–Kier alpha value is 0.400. The molecule has 0 saturated carbocycles. The van der Waals surface area contributed by atoms with E-state index in [0.29, 0.717) is 6.04 Å². The number of aliphatic hydroxyl groups is 1. The van der Waals surface area contributed by atoms with Crippen LogP contribution in [0.5, 0.6) is 0 Å². The summed E-state index contributed by atoms with van der Waals surface area (Å²) in [4.78, 5) is 1.38. The van der Waals surface area contributed by atoms with Crippen LogP contribution in [0.25, 0.3) is 0 Å². The van der Waals surface area contributed by atoms with Crippen molar-refractivity contribution in [2.75, 3.05) is 14.1 Å². The molecule has 0 aliphatic heterocycles. The molecule has 0 saturated heterocycles. The molecule has 0 aromatic carbocycles. The van der Waals surface area contributed by atoms with Gasteiger partial charge in [-0.3, -0.25) is 0 Å². The fourth-order valence-electron chi connectivity index (χ4n) is 3.39. The first-order chi connectivity index (χ1) is 10.6. The van der Waals surface area contributed by atoms with Gasteiger partial charge < -0.3 is 27.0 Å². The summed E-state index contributed by atoms with van der Waals surface area (Å²) >= 11 is 0. The third-order valence-corrected chi connectivity index (χ3v) is 4.94. The summed E-state index contributed by atoms with van der Waals surface area (Å²) in [5.41, 5.74) is 0. The average Bonchev–Trinajstić information content (AvgIpc) is 2.46. The van der Waals surface area contributed by atoms with Gasteiger partial charge in [-0.2, -0.15) is 0 Å². The van der Waals surface area contributed by atoms with Crippen LogP contribution in [-0.2, 0) is 0 Å². The van der Waals surface area contributed by atoms with Crippen LogP contribution >= 0.6 is 0 Å². The zero-order chi connectivity index (χ0) is 16.6. The Balaban J connectivity index is 0. The van der Waals surface area contributed by atoms with Crippen LogP contribution in [0.2, 0.25) is 0 Å². The van der Waals surface area contributed by atoms with Gasteiger partial charge in [-0.05, 0) is 13.3 Å². The first-order valence-electron chi connectivity index (χ1n) is 10.1. The summed E-state index contributed by atoms with van der Waals surface area (Å²) in [5, 5.41) is 9.75. The highest BCUT2D eigenvalue weighted by Gasteiger charge is 2.19. The summed E-state index contributed by atoms with van der Waals surface area (Å²) in [5.74, 6) is 0. The number of hydrogen-bond donors (Lipinski definition) is 2. The molecule has 0 fully saturated rings. The molecule has 3 heteroatoms. The molecule has 0 aromatic heterocycles. The largest absolute Gasteiger partial charge is 1.00 e. The molecule has 0 spiro atoms. The van der Waals surface area contributed by atoms with Gasteiger partial charge in [0.05, 0.1) is 14.1 Å². The van der Waals surface area contributed by atoms with E-state index >= 15 is 0 Å². The molecule has 0 bridgehead atoms. The molecule has 0 rings (SSSR count). The fourth-order valence-corrected chi connectivity index (χ4v) is 3.39. The van der Waals surface area contributed by atoms with E-state index in [9.17, 15) is 5.11 Å². The van der Waals surface area contributed by atoms with Gasteiger partial charge in [0.25, 0.3) is 0 Å². The number of likely N-dealkylation sites (N-methyl/N-ethyl adjacent to an activating group) is 1. The zero-order valence-corrected chi connectivity index (χ0v) is 18.0. The maximum Gasteiger partial charge on any atom is 0.113 e. The number of halogens is 1. The van der Waals surface area contributed by atoms with Crippen LogP contribution in [-0.4, -0.2) is 31.3 Å². The van der Waals surface area contributed by atoms with Crippen LogP contribution in [0.1, 0.15) is 104 Å². The SMILES string of the molecule is CCCCCCCCCCCCCCCC(C(C)O)[NH+](C)C.[Br-]. The lowest BCUT2D eigenvalue weighted by molar-refractivity contribution is -0.890. The zero-order valence-electron chi connectivity index (χ0n) is 16.4. The summed E-state index contributed by atoms with van der Waals surface area (Å²) in [7, 11) is 4.30. The van der Waals surface area contributed by atoms with E-state index in [4.69, 9.17) is 0 Å². The lowest BCUT2D eigenvalue weighted by atomic mass is 10.0. The molecule has 2 atom stereocenters. The van der Waals surface area contributed by atoms with E-state index < -0.39 is 0 Å². The van der Waals surface area contributed by atoms with Gasteiger partial charge in [-0.1, -0.05) is 84.0 Å². The highest BCUT2D eigenvalue weighted by atomic mass is 79.9. The molecule has 0 heterocycles. The van der Waals surface area contributed by atoms with E-state index in [-0.39, 0.29) is 23.1 Å². The minimum absolute atomic E-state index is 0.